The Balaban J connectivity index is 0.00000132. The average Bonchev–Trinajstić information content (AvgIpc) is 3.19. The largest absolute Gasteiger partial charge is 0.472 e. The molecule has 0 spiro atoms. The standard InChI is InChI=1S/C15H19N3O2S.2ClH/c19-14(17-6-3-11-2-1-5-16-8-11)13-10-21-15(18-13)12-4-7-20-9-12;;/h4,7,9-11,16H,1-3,5-6,8H2,(H,17,19);2*1H. The summed E-state index contributed by atoms with van der Waals surface area (Å²) in [5, 5.41) is 8.95. The second-order valence-electron chi connectivity index (χ2n) is 5.31. The molecule has 2 aromatic heterocycles. The molecule has 3 heterocycles. The van der Waals surface area contributed by atoms with Crippen LogP contribution in [0.15, 0.2) is 28.4 Å². The fourth-order valence-corrected chi connectivity index (χ4v) is 3.33. The second-order valence-corrected chi connectivity index (χ2v) is 6.16. The number of carbonyl (C=O) groups excluding carboxylic acids is 1. The molecule has 1 aliphatic rings. The second kappa shape index (κ2) is 9.93. The normalized spacial score (nSPS) is 17.0. The number of thiazole rings is 1. The summed E-state index contributed by atoms with van der Waals surface area (Å²) in [6.45, 7) is 2.90. The van der Waals surface area contributed by atoms with Gasteiger partial charge in [0.25, 0.3) is 5.91 Å². The lowest BCUT2D eigenvalue weighted by Gasteiger charge is -2.22. The predicted octanol–water partition coefficient (Wildman–Crippen LogP) is 3.37. The lowest BCUT2D eigenvalue weighted by Crippen LogP contribution is -2.33. The van der Waals surface area contributed by atoms with E-state index in [2.05, 4.69) is 15.6 Å². The maximum absolute atomic E-state index is 12.1. The van der Waals surface area contributed by atoms with E-state index in [4.69, 9.17) is 4.42 Å². The van der Waals surface area contributed by atoms with Crippen LogP contribution >= 0.6 is 36.2 Å². The first-order chi connectivity index (χ1) is 10.3. The van der Waals surface area contributed by atoms with Gasteiger partial charge in [-0.2, -0.15) is 0 Å². The van der Waals surface area contributed by atoms with Gasteiger partial charge in [-0.15, -0.1) is 36.2 Å². The molecule has 1 fully saturated rings. The number of carbonyl (C=O) groups is 1. The molecule has 0 saturated carbocycles. The van der Waals surface area contributed by atoms with Crippen molar-refractivity contribution in [3.63, 3.8) is 0 Å². The molecule has 1 saturated heterocycles. The Morgan fingerprint density at radius 1 is 1.48 bits per heavy atom. The van der Waals surface area contributed by atoms with Gasteiger partial charge >= 0.3 is 0 Å². The van der Waals surface area contributed by atoms with E-state index in [1.54, 1.807) is 17.9 Å². The number of hydrogen-bond acceptors (Lipinski definition) is 5. The SMILES string of the molecule is Cl.Cl.O=C(NCCC1CCCNC1)c1csc(-c2ccoc2)n1. The molecular weight excluding hydrogens is 357 g/mol. The van der Waals surface area contributed by atoms with Gasteiger partial charge in [-0.1, -0.05) is 0 Å². The first-order valence-corrected chi connectivity index (χ1v) is 8.18. The van der Waals surface area contributed by atoms with Crippen molar-refractivity contribution in [2.75, 3.05) is 19.6 Å². The van der Waals surface area contributed by atoms with Crippen LogP contribution in [-0.4, -0.2) is 30.5 Å². The molecule has 1 aliphatic heterocycles. The Bertz CT molecular complexity index is 583. The number of furan rings is 1. The van der Waals surface area contributed by atoms with Crippen LogP contribution in [-0.2, 0) is 0 Å². The Morgan fingerprint density at radius 3 is 3.04 bits per heavy atom. The van der Waals surface area contributed by atoms with Crippen molar-refractivity contribution in [2.45, 2.75) is 19.3 Å². The van der Waals surface area contributed by atoms with Gasteiger partial charge in [0.15, 0.2) is 0 Å². The molecule has 0 bridgehead atoms. The highest BCUT2D eigenvalue weighted by molar-refractivity contribution is 7.13. The molecule has 0 radical (unpaired) electrons. The molecule has 1 unspecified atom stereocenters. The fraction of sp³-hybridized carbons (Fsp3) is 0.467. The summed E-state index contributed by atoms with van der Waals surface area (Å²) in [5.74, 6) is 0.584. The van der Waals surface area contributed by atoms with Crippen molar-refractivity contribution >= 4 is 42.1 Å². The number of nitrogens with zero attached hydrogens (tertiary/aromatic N) is 1. The highest BCUT2D eigenvalue weighted by atomic mass is 35.5. The number of hydrogen-bond donors (Lipinski definition) is 2. The molecule has 2 N–H and O–H groups in total. The van der Waals surface area contributed by atoms with Crippen LogP contribution < -0.4 is 10.6 Å². The van der Waals surface area contributed by atoms with Crippen molar-refractivity contribution in [3.05, 3.63) is 29.7 Å². The Labute approximate surface area is 152 Å². The summed E-state index contributed by atoms with van der Waals surface area (Å²) >= 11 is 1.46. The first kappa shape index (κ1) is 20.0. The Kier molecular flexibility index (Phi) is 8.62. The molecule has 128 valence electrons. The van der Waals surface area contributed by atoms with E-state index < -0.39 is 0 Å². The molecular formula is C15H21Cl2N3O2S. The Hall–Kier alpha value is -1.08. The summed E-state index contributed by atoms with van der Waals surface area (Å²) in [7, 11) is 0. The summed E-state index contributed by atoms with van der Waals surface area (Å²) in [6, 6.07) is 1.84. The molecule has 3 rings (SSSR count). The number of amides is 1. The van der Waals surface area contributed by atoms with Gasteiger partial charge in [-0.25, -0.2) is 4.98 Å². The third kappa shape index (κ3) is 5.49. The monoisotopic (exact) mass is 377 g/mol. The van der Waals surface area contributed by atoms with Gasteiger partial charge in [0.1, 0.15) is 17.0 Å². The number of aromatic nitrogens is 1. The van der Waals surface area contributed by atoms with Crippen LogP contribution in [0.25, 0.3) is 10.6 Å². The van der Waals surface area contributed by atoms with Crippen LogP contribution in [0.5, 0.6) is 0 Å². The van der Waals surface area contributed by atoms with Crippen molar-refractivity contribution in [1.82, 2.24) is 15.6 Å². The topological polar surface area (TPSA) is 67.2 Å². The van der Waals surface area contributed by atoms with E-state index >= 15 is 0 Å². The maximum atomic E-state index is 12.1. The van der Waals surface area contributed by atoms with Gasteiger partial charge in [0.2, 0.25) is 0 Å². The van der Waals surface area contributed by atoms with Crippen LogP contribution in [0.1, 0.15) is 29.8 Å². The minimum Gasteiger partial charge on any atom is -0.472 e. The number of nitrogens with one attached hydrogen (secondary N) is 2. The summed E-state index contributed by atoms with van der Waals surface area (Å²) in [6.07, 6.45) is 6.76. The lowest BCUT2D eigenvalue weighted by molar-refractivity contribution is 0.0946. The first-order valence-electron chi connectivity index (χ1n) is 7.30. The average molecular weight is 378 g/mol. The van der Waals surface area contributed by atoms with E-state index in [0.29, 0.717) is 18.2 Å². The van der Waals surface area contributed by atoms with E-state index in [0.717, 1.165) is 30.1 Å². The highest BCUT2D eigenvalue weighted by Gasteiger charge is 2.15. The quantitative estimate of drug-likeness (QED) is 0.837. The molecule has 1 amide bonds. The molecule has 0 aliphatic carbocycles. The van der Waals surface area contributed by atoms with Crippen LogP contribution in [0.4, 0.5) is 0 Å². The zero-order chi connectivity index (χ0) is 14.5. The highest BCUT2D eigenvalue weighted by Crippen LogP contribution is 2.23. The van der Waals surface area contributed by atoms with Crippen LogP contribution in [0.3, 0.4) is 0 Å². The zero-order valence-electron chi connectivity index (χ0n) is 12.6. The molecule has 5 nitrogen and oxygen atoms in total. The van der Waals surface area contributed by atoms with E-state index in [1.165, 1.54) is 24.2 Å². The minimum absolute atomic E-state index is 0. The minimum atomic E-state index is -0.0928. The van der Waals surface area contributed by atoms with Crippen molar-refractivity contribution in [3.8, 4) is 10.6 Å². The third-order valence-corrected chi connectivity index (χ3v) is 4.63. The van der Waals surface area contributed by atoms with Crippen molar-refractivity contribution in [2.24, 2.45) is 5.92 Å². The van der Waals surface area contributed by atoms with Gasteiger partial charge in [-0.3, -0.25) is 4.79 Å². The van der Waals surface area contributed by atoms with Gasteiger partial charge in [0, 0.05) is 17.5 Å². The number of halogens is 2. The van der Waals surface area contributed by atoms with Crippen molar-refractivity contribution < 1.29 is 9.21 Å². The summed E-state index contributed by atoms with van der Waals surface area (Å²) in [5.41, 5.74) is 1.39. The lowest BCUT2D eigenvalue weighted by atomic mass is 9.96. The van der Waals surface area contributed by atoms with E-state index in [9.17, 15) is 4.79 Å². The molecule has 1 atom stereocenters. The summed E-state index contributed by atoms with van der Waals surface area (Å²) < 4.78 is 5.03. The van der Waals surface area contributed by atoms with Crippen LogP contribution in [0.2, 0.25) is 0 Å². The van der Waals surface area contributed by atoms with Crippen molar-refractivity contribution in [1.29, 1.82) is 0 Å². The van der Waals surface area contributed by atoms with Gasteiger partial charge in [0.05, 0.1) is 6.26 Å². The predicted molar refractivity (Wildman–Crippen MR) is 96.9 cm³/mol. The van der Waals surface area contributed by atoms with Gasteiger partial charge in [-0.05, 0) is 44.3 Å². The smallest absolute Gasteiger partial charge is 0.270 e. The summed E-state index contributed by atoms with van der Waals surface area (Å²) in [4.78, 5) is 16.4. The number of piperidine rings is 1. The molecule has 0 aromatic carbocycles. The third-order valence-electron chi connectivity index (χ3n) is 3.74. The van der Waals surface area contributed by atoms with E-state index in [1.807, 2.05) is 6.07 Å². The van der Waals surface area contributed by atoms with E-state index in [-0.39, 0.29) is 30.7 Å². The van der Waals surface area contributed by atoms with Gasteiger partial charge < -0.3 is 15.1 Å². The zero-order valence-corrected chi connectivity index (χ0v) is 15.1. The Morgan fingerprint density at radius 2 is 2.35 bits per heavy atom. The molecule has 2 aromatic rings. The fourth-order valence-electron chi connectivity index (χ4n) is 2.55. The van der Waals surface area contributed by atoms with Crippen LogP contribution in [0, 0.1) is 5.92 Å². The maximum Gasteiger partial charge on any atom is 0.270 e. The number of rotatable bonds is 5. The molecule has 23 heavy (non-hydrogen) atoms. The molecule has 8 heteroatoms.